The van der Waals surface area contributed by atoms with Gasteiger partial charge in [0.1, 0.15) is 0 Å². The molecule has 3 nitrogen and oxygen atoms in total. The zero-order chi connectivity index (χ0) is 12.8. The number of aromatic nitrogens is 1. The van der Waals surface area contributed by atoms with Crippen molar-refractivity contribution in [2.75, 3.05) is 7.11 Å². The molecule has 3 heteroatoms. The lowest BCUT2D eigenvalue weighted by molar-refractivity contribution is 0.281. The van der Waals surface area contributed by atoms with Crippen molar-refractivity contribution >= 4 is 5.57 Å². The predicted octanol–water partition coefficient (Wildman–Crippen LogP) is 2.61. The van der Waals surface area contributed by atoms with E-state index in [4.69, 9.17) is 4.74 Å². The van der Waals surface area contributed by atoms with Crippen LogP contribution in [0.3, 0.4) is 0 Å². The number of methoxy groups -OCH3 is 1. The van der Waals surface area contributed by atoms with Crippen LogP contribution in [0, 0.1) is 0 Å². The lowest BCUT2D eigenvalue weighted by Gasteiger charge is -2.10. The highest BCUT2D eigenvalue weighted by Crippen LogP contribution is 2.25. The van der Waals surface area contributed by atoms with E-state index in [1.165, 1.54) is 0 Å². The lowest BCUT2D eigenvalue weighted by atomic mass is 9.98. The van der Waals surface area contributed by atoms with Gasteiger partial charge in [0.05, 0.1) is 25.7 Å². The molecule has 2 rings (SSSR count). The molecule has 0 saturated carbocycles. The first kappa shape index (κ1) is 12.3. The largest absolute Gasteiger partial charge is 0.504 e. The van der Waals surface area contributed by atoms with E-state index in [2.05, 4.69) is 4.98 Å². The average Bonchev–Trinajstić information content (AvgIpc) is 2.46. The minimum Gasteiger partial charge on any atom is -0.504 e. The van der Waals surface area contributed by atoms with Crippen molar-refractivity contribution in [3.05, 3.63) is 71.7 Å². The monoisotopic (exact) mass is 241 g/mol. The zero-order valence-electron chi connectivity index (χ0n) is 10.2. The van der Waals surface area contributed by atoms with Crippen molar-refractivity contribution in [3.8, 4) is 0 Å². The maximum atomic E-state index is 9.39. The Morgan fingerprint density at radius 1 is 1.22 bits per heavy atom. The summed E-state index contributed by atoms with van der Waals surface area (Å²) in [6.45, 7) is -0.00986. The maximum absolute atomic E-state index is 9.39. The summed E-state index contributed by atoms with van der Waals surface area (Å²) in [5.41, 5.74) is 3.47. The van der Waals surface area contributed by atoms with Crippen LogP contribution < -0.4 is 0 Å². The van der Waals surface area contributed by atoms with Crippen molar-refractivity contribution in [3.63, 3.8) is 0 Å². The molecule has 0 atom stereocenters. The molecule has 0 aliphatic rings. The number of hydrogen-bond acceptors (Lipinski definition) is 3. The molecule has 2 aromatic rings. The van der Waals surface area contributed by atoms with E-state index in [9.17, 15) is 5.11 Å². The molecule has 0 aliphatic heterocycles. The molecule has 0 radical (unpaired) electrons. The van der Waals surface area contributed by atoms with Crippen LogP contribution in [0.15, 0.2) is 54.9 Å². The van der Waals surface area contributed by atoms with Gasteiger partial charge in [0, 0.05) is 11.8 Å². The summed E-state index contributed by atoms with van der Waals surface area (Å²) < 4.78 is 5.13. The highest BCUT2D eigenvalue weighted by Gasteiger charge is 2.10. The van der Waals surface area contributed by atoms with E-state index in [0.717, 1.165) is 22.4 Å². The van der Waals surface area contributed by atoms with Crippen molar-refractivity contribution < 1.29 is 9.84 Å². The van der Waals surface area contributed by atoms with Crippen molar-refractivity contribution in [2.24, 2.45) is 0 Å². The van der Waals surface area contributed by atoms with Gasteiger partial charge in [-0.25, -0.2) is 0 Å². The summed E-state index contributed by atoms with van der Waals surface area (Å²) in [7, 11) is 1.60. The van der Waals surface area contributed by atoms with Crippen molar-refractivity contribution in [1.82, 2.24) is 4.98 Å². The molecule has 0 saturated heterocycles. The van der Waals surface area contributed by atoms with Crippen molar-refractivity contribution in [1.29, 1.82) is 0 Å². The number of nitrogens with zero attached hydrogens (tertiary/aromatic N) is 1. The molecule has 92 valence electrons. The summed E-state index contributed by atoms with van der Waals surface area (Å²) in [6.07, 6.45) is 3.39. The Kier molecular flexibility index (Phi) is 4.10. The third kappa shape index (κ3) is 2.57. The predicted molar refractivity (Wildman–Crippen MR) is 70.7 cm³/mol. The van der Waals surface area contributed by atoms with Crippen LogP contribution in [0.1, 0.15) is 16.8 Å². The molecule has 0 bridgehead atoms. The van der Waals surface area contributed by atoms with Gasteiger partial charge in [-0.3, -0.25) is 4.98 Å². The van der Waals surface area contributed by atoms with E-state index in [0.29, 0.717) is 0 Å². The highest BCUT2D eigenvalue weighted by atomic mass is 16.5. The smallest absolute Gasteiger partial charge is 0.0924 e. The second-order valence-corrected chi connectivity index (χ2v) is 3.80. The molecule has 0 amide bonds. The van der Waals surface area contributed by atoms with Crippen LogP contribution in [-0.4, -0.2) is 17.2 Å². The Hall–Kier alpha value is -2.13. The van der Waals surface area contributed by atoms with E-state index in [1.54, 1.807) is 19.6 Å². The maximum Gasteiger partial charge on any atom is 0.0924 e. The quantitative estimate of drug-likeness (QED) is 0.837. The first-order chi connectivity index (χ1) is 8.86. The van der Waals surface area contributed by atoms with Gasteiger partial charge < -0.3 is 9.84 Å². The van der Waals surface area contributed by atoms with Gasteiger partial charge in [-0.05, 0) is 23.3 Å². The molecule has 18 heavy (non-hydrogen) atoms. The number of aliphatic hydroxyl groups excluding tert-OH is 1. The Morgan fingerprint density at radius 2 is 2.00 bits per heavy atom. The molecule has 0 aliphatic carbocycles. The summed E-state index contributed by atoms with van der Waals surface area (Å²) in [5.74, 6) is 0. The molecular formula is C15H15NO2. The molecule has 0 spiro atoms. The number of aliphatic hydroxyl groups is 1. The minimum absolute atomic E-state index is 0.00986. The molecule has 1 N–H and O–H groups in total. The van der Waals surface area contributed by atoms with Crippen LogP contribution in [0.4, 0.5) is 0 Å². The highest BCUT2D eigenvalue weighted by molar-refractivity contribution is 5.78. The first-order valence-electron chi connectivity index (χ1n) is 5.70. The van der Waals surface area contributed by atoms with Gasteiger partial charge in [-0.1, -0.05) is 30.3 Å². The van der Waals surface area contributed by atoms with Crippen LogP contribution in [-0.2, 0) is 11.3 Å². The molecule has 0 fully saturated rings. The molecule has 0 unspecified atom stereocenters. The summed E-state index contributed by atoms with van der Waals surface area (Å²) >= 11 is 0. The van der Waals surface area contributed by atoms with Crippen molar-refractivity contribution in [2.45, 2.75) is 6.61 Å². The van der Waals surface area contributed by atoms with Crippen LogP contribution >= 0.6 is 0 Å². The van der Waals surface area contributed by atoms with E-state index >= 15 is 0 Å². The summed E-state index contributed by atoms with van der Waals surface area (Å²) in [5, 5.41) is 9.39. The Morgan fingerprint density at radius 3 is 2.67 bits per heavy atom. The third-order valence-electron chi connectivity index (χ3n) is 2.65. The molecule has 1 heterocycles. The number of hydrogen-bond donors (Lipinski definition) is 1. The SMILES string of the molecule is CO/C=C(/c1ccccn1)c1ccccc1CO. The van der Waals surface area contributed by atoms with E-state index in [1.807, 2.05) is 42.5 Å². The number of pyridine rings is 1. The fourth-order valence-electron chi connectivity index (χ4n) is 1.82. The van der Waals surface area contributed by atoms with E-state index in [-0.39, 0.29) is 6.61 Å². The normalized spacial score (nSPS) is 11.3. The first-order valence-corrected chi connectivity index (χ1v) is 5.70. The van der Waals surface area contributed by atoms with Gasteiger partial charge >= 0.3 is 0 Å². The van der Waals surface area contributed by atoms with E-state index < -0.39 is 0 Å². The lowest BCUT2D eigenvalue weighted by Crippen LogP contribution is -1.97. The van der Waals surface area contributed by atoms with Gasteiger partial charge in [-0.15, -0.1) is 0 Å². The molecule has 1 aromatic heterocycles. The van der Waals surface area contributed by atoms with Gasteiger partial charge in [0.15, 0.2) is 0 Å². The third-order valence-corrected chi connectivity index (χ3v) is 2.65. The fraction of sp³-hybridized carbons (Fsp3) is 0.133. The zero-order valence-corrected chi connectivity index (χ0v) is 10.2. The number of benzene rings is 1. The standard InChI is InChI=1S/C15H15NO2/c1-18-11-14(15-8-4-5-9-16-15)13-7-3-2-6-12(13)10-17/h2-9,11,17H,10H2,1H3/b14-11+. The molecule has 1 aromatic carbocycles. The van der Waals surface area contributed by atoms with Crippen LogP contribution in [0.5, 0.6) is 0 Å². The van der Waals surface area contributed by atoms with Crippen LogP contribution in [0.25, 0.3) is 5.57 Å². The fourth-order valence-corrected chi connectivity index (χ4v) is 1.82. The topological polar surface area (TPSA) is 42.4 Å². The Balaban J connectivity index is 2.53. The second-order valence-electron chi connectivity index (χ2n) is 3.80. The van der Waals surface area contributed by atoms with Gasteiger partial charge in [-0.2, -0.15) is 0 Å². The number of rotatable bonds is 4. The summed E-state index contributed by atoms with van der Waals surface area (Å²) in [6, 6.07) is 13.4. The number of ether oxygens (including phenoxy) is 1. The molecular weight excluding hydrogens is 226 g/mol. The summed E-state index contributed by atoms with van der Waals surface area (Å²) in [4.78, 5) is 4.32. The average molecular weight is 241 g/mol. The second kappa shape index (κ2) is 5.98. The van der Waals surface area contributed by atoms with Gasteiger partial charge in [0.25, 0.3) is 0 Å². The van der Waals surface area contributed by atoms with Gasteiger partial charge in [0.2, 0.25) is 0 Å². The van der Waals surface area contributed by atoms with Crippen LogP contribution in [0.2, 0.25) is 0 Å². The Labute approximate surface area is 106 Å². The minimum atomic E-state index is -0.00986. The Bertz CT molecular complexity index is 535.